The molecule has 0 spiro atoms. The van der Waals surface area contributed by atoms with Crippen molar-refractivity contribution in [2.45, 2.75) is 13.1 Å². The maximum absolute atomic E-state index is 5.05. The van der Waals surface area contributed by atoms with Crippen LogP contribution in [0.25, 0.3) is 0 Å². The Kier molecular flexibility index (Phi) is 2.22. The van der Waals surface area contributed by atoms with E-state index in [2.05, 4.69) is 15.2 Å². The molecule has 0 saturated carbocycles. The summed E-state index contributed by atoms with van der Waals surface area (Å²) in [5.41, 5.74) is 0. The number of hydrogen-bond donors (Lipinski definition) is 1. The van der Waals surface area contributed by atoms with Gasteiger partial charge in [0.05, 0.1) is 0 Å². The van der Waals surface area contributed by atoms with Crippen LogP contribution in [0.15, 0.2) is 25.0 Å². The Morgan fingerprint density at radius 2 is 2.08 bits per heavy atom. The summed E-state index contributed by atoms with van der Waals surface area (Å²) in [6.45, 7) is 1.67. The lowest BCUT2D eigenvalue weighted by molar-refractivity contribution is 0.572. The van der Waals surface area contributed by atoms with Crippen LogP contribution in [0.2, 0.25) is 0 Å². The van der Waals surface area contributed by atoms with E-state index in [1.165, 1.54) is 0 Å². The first-order valence-corrected chi connectivity index (χ1v) is 4.33. The fourth-order valence-corrected chi connectivity index (χ4v) is 1.31. The summed E-state index contributed by atoms with van der Waals surface area (Å²) < 4.78 is 4.62. The molecular formula is C7H9N5S. The molecule has 0 radical (unpaired) electrons. The van der Waals surface area contributed by atoms with Crippen molar-refractivity contribution >= 4 is 12.2 Å². The van der Waals surface area contributed by atoms with Crippen LogP contribution < -0.4 is 0 Å². The van der Waals surface area contributed by atoms with Gasteiger partial charge in [-0.05, 0) is 12.2 Å². The van der Waals surface area contributed by atoms with Crippen molar-refractivity contribution in [3.05, 3.63) is 29.8 Å². The maximum Gasteiger partial charge on any atom is 0.177 e. The largest absolute Gasteiger partial charge is 0.337 e. The summed E-state index contributed by atoms with van der Waals surface area (Å²) in [4.78, 5) is 2.94. The normalized spacial score (nSPS) is 10.5. The van der Waals surface area contributed by atoms with Crippen LogP contribution in [-0.4, -0.2) is 24.3 Å². The predicted molar refractivity (Wildman–Crippen MR) is 49.6 cm³/mol. The van der Waals surface area contributed by atoms with Crippen molar-refractivity contribution in [1.29, 1.82) is 0 Å². The van der Waals surface area contributed by atoms with Gasteiger partial charge >= 0.3 is 0 Å². The van der Waals surface area contributed by atoms with Gasteiger partial charge < -0.3 is 14.1 Å². The van der Waals surface area contributed by atoms with Gasteiger partial charge in [0.2, 0.25) is 0 Å². The minimum Gasteiger partial charge on any atom is -0.337 e. The second-order valence-corrected chi connectivity index (χ2v) is 3.05. The number of aryl methyl sites for hydroxylation is 2. The molecule has 0 aliphatic carbocycles. The van der Waals surface area contributed by atoms with Gasteiger partial charge in [0.15, 0.2) is 4.77 Å². The summed E-state index contributed by atoms with van der Waals surface area (Å²) in [6, 6.07) is 0. The lowest BCUT2D eigenvalue weighted by Gasteiger charge is -2.01. The molecule has 2 rings (SSSR count). The molecule has 0 fully saturated rings. The fraction of sp³-hybridized carbons (Fsp3) is 0.286. The van der Waals surface area contributed by atoms with Crippen molar-refractivity contribution < 1.29 is 0 Å². The van der Waals surface area contributed by atoms with Crippen LogP contribution in [0.5, 0.6) is 0 Å². The zero-order chi connectivity index (χ0) is 9.10. The van der Waals surface area contributed by atoms with Crippen molar-refractivity contribution in [3.63, 3.8) is 0 Å². The van der Waals surface area contributed by atoms with E-state index in [0.29, 0.717) is 0 Å². The van der Waals surface area contributed by atoms with E-state index in [1.54, 1.807) is 12.7 Å². The lowest BCUT2D eigenvalue weighted by atomic mass is 10.6. The quantitative estimate of drug-likeness (QED) is 0.738. The van der Waals surface area contributed by atoms with Gasteiger partial charge in [-0.3, -0.25) is 0 Å². The van der Waals surface area contributed by atoms with Gasteiger partial charge in [0.1, 0.15) is 12.7 Å². The van der Waals surface area contributed by atoms with E-state index in [4.69, 9.17) is 12.2 Å². The first kappa shape index (κ1) is 8.18. The molecule has 68 valence electrons. The Bertz CT molecular complexity index is 412. The predicted octanol–water partition coefficient (Wildman–Crippen LogP) is 0.837. The van der Waals surface area contributed by atoms with Crippen molar-refractivity contribution in [2.24, 2.45) is 0 Å². The van der Waals surface area contributed by atoms with Gasteiger partial charge in [-0.2, -0.15) is 0 Å². The second kappa shape index (κ2) is 3.53. The minimum absolute atomic E-state index is 0.744. The molecule has 2 aromatic rings. The number of rotatable bonds is 3. The van der Waals surface area contributed by atoms with Gasteiger partial charge in [0.25, 0.3) is 0 Å². The van der Waals surface area contributed by atoms with Crippen molar-refractivity contribution in [3.8, 4) is 0 Å². The number of nitrogens with one attached hydrogen (secondary N) is 1. The molecule has 2 heterocycles. The number of aromatic amines is 1. The molecule has 0 amide bonds. The van der Waals surface area contributed by atoms with Gasteiger partial charge in [0, 0.05) is 25.5 Å². The standard InChI is InChI=1S/C7H9N5S/c13-7-8-1-2-12(7)4-3-11-5-9-10-6-11/h1-2,5-6H,3-4H2,(H,8,13). The molecule has 0 aromatic carbocycles. The SMILES string of the molecule is S=c1[nH]ccn1CCn1cnnc1. The molecular weight excluding hydrogens is 186 g/mol. The minimum atomic E-state index is 0.744. The van der Waals surface area contributed by atoms with Crippen LogP contribution in [-0.2, 0) is 13.1 Å². The smallest absolute Gasteiger partial charge is 0.177 e. The monoisotopic (exact) mass is 195 g/mol. The van der Waals surface area contributed by atoms with E-state index in [0.717, 1.165) is 17.9 Å². The number of imidazole rings is 1. The van der Waals surface area contributed by atoms with E-state index in [9.17, 15) is 0 Å². The number of H-pyrrole nitrogens is 1. The third-order valence-electron chi connectivity index (χ3n) is 1.79. The van der Waals surface area contributed by atoms with Crippen molar-refractivity contribution in [2.75, 3.05) is 0 Å². The highest BCUT2D eigenvalue weighted by atomic mass is 32.1. The Labute approximate surface area is 80.0 Å². The zero-order valence-electron chi connectivity index (χ0n) is 6.92. The topological polar surface area (TPSA) is 51.4 Å². The average molecular weight is 195 g/mol. The molecule has 6 heteroatoms. The Morgan fingerprint density at radius 3 is 2.69 bits per heavy atom. The van der Waals surface area contributed by atoms with Crippen LogP contribution in [0, 0.1) is 4.77 Å². The number of aromatic nitrogens is 5. The number of nitrogens with zero attached hydrogens (tertiary/aromatic N) is 4. The third kappa shape index (κ3) is 1.83. The summed E-state index contributed by atoms with van der Waals surface area (Å²) in [7, 11) is 0. The Morgan fingerprint density at radius 1 is 1.31 bits per heavy atom. The molecule has 0 aliphatic rings. The van der Waals surface area contributed by atoms with Crippen molar-refractivity contribution in [1.82, 2.24) is 24.3 Å². The third-order valence-corrected chi connectivity index (χ3v) is 2.14. The summed E-state index contributed by atoms with van der Waals surface area (Å²) >= 11 is 5.05. The summed E-state index contributed by atoms with van der Waals surface area (Å²) in [5.74, 6) is 0. The second-order valence-electron chi connectivity index (χ2n) is 2.66. The van der Waals surface area contributed by atoms with Crippen LogP contribution >= 0.6 is 12.2 Å². The van der Waals surface area contributed by atoms with Gasteiger partial charge in [-0.1, -0.05) is 0 Å². The highest BCUT2D eigenvalue weighted by molar-refractivity contribution is 7.71. The van der Waals surface area contributed by atoms with E-state index in [-0.39, 0.29) is 0 Å². The van der Waals surface area contributed by atoms with Crippen LogP contribution in [0.1, 0.15) is 0 Å². The highest BCUT2D eigenvalue weighted by Crippen LogP contribution is 1.92. The molecule has 0 bridgehead atoms. The van der Waals surface area contributed by atoms with Crippen LogP contribution in [0.3, 0.4) is 0 Å². The first-order valence-electron chi connectivity index (χ1n) is 3.92. The molecule has 0 saturated heterocycles. The van der Waals surface area contributed by atoms with Gasteiger partial charge in [-0.25, -0.2) is 0 Å². The maximum atomic E-state index is 5.05. The zero-order valence-corrected chi connectivity index (χ0v) is 7.74. The molecule has 0 atom stereocenters. The molecule has 2 aromatic heterocycles. The Balaban J connectivity index is 2.01. The fourth-order valence-electron chi connectivity index (χ4n) is 1.09. The van der Waals surface area contributed by atoms with Crippen LogP contribution in [0.4, 0.5) is 0 Å². The molecule has 1 N–H and O–H groups in total. The van der Waals surface area contributed by atoms with E-state index < -0.39 is 0 Å². The highest BCUT2D eigenvalue weighted by Gasteiger charge is 1.93. The molecule has 0 aliphatic heterocycles. The van der Waals surface area contributed by atoms with E-state index >= 15 is 0 Å². The summed E-state index contributed by atoms with van der Waals surface area (Å²) in [6.07, 6.45) is 7.13. The number of hydrogen-bond acceptors (Lipinski definition) is 3. The molecule has 0 unspecified atom stereocenters. The lowest BCUT2D eigenvalue weighted by Crippen LogP contribution is -2.04. The van der Waals surface area contributed by atoms with E-state index in [1.807, 2.05) is 21.5 Å². The molecule has 13 heavy (non-hydrogen) atoms. The average Bonchev–Trinajstić information content (AvgIpc) is 2.72. The summed E-state index contributed by atoms with van der Waals surface area (Å²) in [5, 5.41) is 7.43. The molecule has 5 nitrogen and oxygen atoms in total. The first-order chi connectivity index (χ1) is 6.36. The Hall–Kier alpha value is -1.43. The van der Waals surface area contributed by atoms with Gasteiger partial charge in [-0.15, -0.1) is 10.2 Å².